The van der Waals surface area contributed by atoms with Gasteiger partial charge in [0.2, 0.25) is 5.56 Å². The number of nitrogens with zero attached hydrogens (tertiary/aromatic N) is 3. The molecule has 3 N–H and O–H groups in total. The van der Waals surface area contributed by atoms with Crippen molar-refractivity contribution in [1.82, 2.24) is 25.6 Å². The van der Waals surface area contributed by atoms with Gasteiger partial charge in [0.25, 0.3) is 12.3 Å². The largest absolute Gasteiger partial charge is 0.495 e. The molecule has 210 valence electrons. The fourth-order valence-electron chi connectivity index (χ4n) is 3.85. The Hall–Kier alpha value is -4.11. The molecule has 40 heavy (non-hydrogen) atoms. The van der Waals surface area contributed by atoms with Crippen LogP contribution in [0.3, 0.4) is 0 Å². The molecule has 1 amide bonds. The van der Waals surface area contributed by atoms with E-state index in [1.807, 2.05) is 13.8 Å². The fourth-order valence-corrected chi connectivity index (χ4v) is 4.56. The molecule has 1 fully saturated rings. The van der Waals surface area contributed by atoms with Gasteiger partial charge in [-0.25, -0.2) is 8.78 Å². The van der Waals surface area contributed by atoms with E-state index in [4.69, 9.17) is 4.74 Å². The van der Waals surface area contributed by atoms with Gasteiger partial charge in [0.05, 0.1) is 18.4 Å². The maximum absolute atomic E-state index is 13.6. The minimum atomic E-state index is -2.69. The second-order valence-electron chi connectivity index (χ2n) is 8.86. The zero-order valence-corrected chi connectivity index (χ0v) is 23.3. The standard InChI is InChI=1S/C26H24F2N6O3S.C2H6/c1-34-13-15(6-8-23(34)35)19-9-16(17-10-20(24(27)28)30-12-21(17)37-2)18(11-29-19)25(36)31-26-33-32-22(38-26)7-5-14-3-4-14;1-2/h6,8-14,20,22,24,30,32H,3-4H2,1-2H3,(H,31,33,36);1-2H3. The van der Waals surface area contributed by atoms with Crippen LogP contribution in [0.5, 0.6) is 0 Å². The number of aromatic nitrogens is 2. The molecule has 2 aromatic rings. The summed E-state index contributed by atoms with van der Waals surface area (Å²) < 4.78 is 34.1. The van der Waals surface area contributed by atoms with Gasteiger partial charge in [-0.15, -0.1) is 0 Å². The van der Waals surface area contributed by atoms with Crippen LogP contribution in [0.2, 0.25) is 0 Å². The van der Waals surface area contributed by atoms with Crippen LogP contribution in [0.25, 0.3) is 16.8 Å². The third-order valence-electron chi connectivity index (χ3n) is 6.06. The number of alkyl halides is 2. The average Bonchev–Trinajstić information content (AvgIpc) is 3.70. The highest BCUT2D eigenvalue weighted by Gasteiger charge is 2.28. The molecule has 0 bridgehead atoms. The van der Waals surface area contributed by atoms with Gasteiger partial charge in [-0.3, -0.25) is 25.3 Å². The number of ether oxygens (including phenoxy) is 1. The third-order valence-corrected chi connectivity index (χ3v) is 6.94. The molecule has 3 aliphatic rings. The molecule has 0 radical (unpaired) electrons. The van der Waals surface area contributed by atoms with Gasteiger partial charge in [-0.1, -0.05) is 25.7 Å². The average molecular weight is 569 g/mol. The first-order valence-electron chi connectivity index (χ1n) is 12.8. The van der Waals surface area contributed by atoms with Crippen LogP contribution < -0.4 is 21.6 Å². The molecule has 2 unspecified atom stereocenters. The van der Waals surface area contributed by atoms with E-state index in [-0.39, 0.29) is 22.3 Å². The molecule has 4 heterocycles. The van der Waals surface area contributed by atoms with Gasteiger partial charge in [0.1, 0.15) is 11.8 Å². The van der Waals surface area contributed by atoms with Crippen molar-refractivity contribution in [2.24, 2.45) is 18.1 Å². The highest BCUT2D eigenvalue weighted by Crippen LogP contribution is 2.33. The Labute approximate surface area is 235 Å². The molecule has 2 aliphatic heterocycles. The number of amidine groups is 1. The van der Waals surface area contributed by atoms with Crippen molar-refractivity contribution >= 4 is 28.4 Å². The summed E-state index contributed by atoms with van der Waals surface area (Å²) in [6.45, 7) is 4.00. The Kier molecular flexibility index (Phi) is 9.26. The number of dihydropyridines is 1. The number of carbonyl (C=O) groups is 1. The van der Waals surface area contributed by atoms with Crippen molar-refractivity contribution in [2.45, 2.75) is 44.5 Å². The molecule has 1 aliphatic carbocycles. The van der Waals surface area contributed by atoms with Crippen LogP contribution in [-0.2, 0) is 11.8 Å². The number of thioether (sulfide) groups is 1. The summed E-state index contributed by atoms with van der Waals surface area (Å²) in [6, 6.07) is 3.35. The van der Waals surface area contributed by atoms with Crippen molar-refractivity contribution in [3.8, 4) is 23.1 Å². The maximum Gasteiger partial charge on any atom is 0.261 e. The second kappa shape index (κ2) is 12.8. The van der Waals surface area contributed by atoms with Crippen molar-refractivity contribution in [3.63, 3.8) is 0 Å². The van der Waals surface area contributed by atoms with E-state index in [2.05, 4.69) is 38.0 Å². The molecular formula is C28H30F2N6O3S. The van der Waals surface area contributed by atoms with Gasteiger partial charge in [0, 0.05) is 54.3 Å². The van der Waals surface area contributed by atoms with Crippen molar-refractivity contribution < 1.29 is 18.3 Å². The van der Waals surface area contributed by atoms with Gasteiger partial charge in [-0.05, 0) is 42.8 Å². The van der Waals surface area contributed by atoms with Crippen LogP contribution in [0.4, 0.5) is 8.78 Å². The van der Waals surface area contributed by atoms with Gasteiger partial charge < -0.3 is 14.6 Å². The maximum atomic E-state index is 13.6. The van der Waals surface area contributed by atoms with Crippen molar-refractivity contribution in [3.05, 3.63) is 70.1 Å². The van der Waals surface area contributed by atoms with Gasteiger partial charge >= 0.3 is 0 Å². The van der Waals surface area contributed by atoms with E-state index < -0.39 is 18.4 Å². The lowest BCUT2D eigenvalue weighted by Gasteiger charge is -2.24. The van der Waals surface area contributed by atoms with Crippen LogP contribution >= 0.6 is 11.8 Å². The zero-order valence-electron chi connectivity index (χ0n) is 22.5. The Morgan fingerprint density at radius 1 is 1.27 bits per heavy atom. The number of carbonyl (C=O) groups excluding carboxylic acids is 1. The summed E-state index contributed by atoms with van der Waals surface area (Å²) in [6.07, 6.45) is 5.18. The molecule has 2 atom stereocenters. The number of amides is 1. The predicted octanol–water partition coefficient (Wildman–Crippen LogP) is 3.66. The lowest BCUT2D eigenvalue weighted by molar-refractivity contribution is 0.0977. The molecule has 0 saturated heterocycles. The SMILES string of the molecule is CC.COC1=CNC(C(F)F)C=C1c1cc(-c2ccc(=O)n(C)c2)ncc1C(=O)NC1=NNC(C#CC2CC2)S1. The van der Waals surface area contributed by atoms with E-state index in [0.29, 0.717) is 33.5 Å². The first-order valence-corrected chi connectivity index (χ1v) is 13.7. The van der Waals surface area contributed by atoms with E-state index in [0.717, 1.165) is 12.8 Å². The number of aryl methyl sites for hydroxylation is 1. The lowest BCUT2D eigenvalue weighted by Crippen LogP contribution is -2.33. The monoisotopic (exact) mass is 568 g/mol. The van der Waals surface area contributed by atoms with Crippen molar-refractivity contribution in [1.29, 1.82) is 0 Å². The van der Waals surface area contributed by atoms with E-state index >= 15 is 0 Å². The predicted molar refractivity (Wildman–Crippen MR) is 152 cm³/mol. The fraction of sp³-hybridized carbons (Fsp3) is 0.357. The number of rotatable bonds is 5. The number of hydrazone groups is 1. The Bertz CT molecular complexity index is 1490. The van der Waals surface area contributed by atoms with Crippen LogP contribution in [-0.4, -0.2) is 45.6 Å². The van der Waals surface area contributed by atoms with Crippen LogP contribution in [0.15, 0.2) is 58.5 Å². The smallest absolute Gasteiger partial charge is 0.261 e. The van der Waals surface area contributed by atoms with E-state index in [1.54, 1.807) is 25.4 Å². The molecule has 9 nitrogen and oxygen atoms in total. The summed E-state index contributed by atoms with van der Waals surface area (Å²) in [7, 11) is 3.02. The summed E-state index contributed by atoms with van der Waals surface area (Å²) in [5, 5.41) is 9.59. The van der Waals surface area contributed by atoms with Crippen LogP contribution in [0.1, 0.15) is 42.6 Å². The molecular weight excluding hydrogens is 538 g/mol. The number of nitrogens with one attached hydrogen (secondary N) is 3. The number of halogens is 2. The Balaban J connectivity index is 0.00000181. The van der Waals surface area contributed by atoms with E-state index in [1.165, 1.54) is 48.0 Å². The van der Waals surface area contributed by atoms with Crippen LogP contribution in [0, 0.1) is 17.8 Å². The minimum absolute atomic E-state index is 0.138. The summed E-state index contributed by atoms with van der Waals surface area (Å²) in [5.74, 6) is 6.46. The summed E-state index contributed by atoms with van der Waals surface area (Å²) in [4.78, 5) is 29.7. The molecule has 1 saturated carbocycles. The van der Waals surface area contributed by atoms with Gasteiger partial charge in [0.15, 0.2) is 10.5 Å². The molecule has 5 rings (SSSR count). The minimum Gasteiger partial charge on any atom is -0.495 e. The Morgan fingerprint density at radius 3 is 2.73 bits per heavy atom. The summed E-state index contributed by atoms with van der Waals surface area (Å²) in [5.41, 5.74) is 4.53. The first-order chi connectivity index (χ1) is 19.3. The summed E-state index contributed by atoms with van der Waals surface area (Å²) >= 11 is 1.28. The molecule has 2 aromatic heterocycles. The third kappa shape index (κ3) is 6.71. The van der Waals surface area contributed by atoms with Crippen molar-refractivity contribution in [2.75, 3.05) is 7.11 Å². The highest BCUT2D eigenvalue weighted by molar-refractivity contribution is 8.14. The normalized spacial score (nSPS) is 19.4. The molecule has 0 spiro atoms. The number of allylic oxidation sites excluding steroid dienone is 1. The number of hydrogen-bond acceptors (Lipinski definition) is 8. The molecule has 12 heteroatoms. The lowest BCUT2D eigenvalue weighted by atomic mass is 9.94. The Morgan fingerprint density at radius 2 is 2.05 bits per heavy atom. The number of pyridine rings is 2. The topological polar surface area (TPSA) is 110 Å². The number of methoxy groups -OCH3 is 1. The zero-order chi connectivity index (χ0) is 28.8. The highest BCUT2D eigenvalue weighted by atomic mass is 32.2. The quantitative estimate of drug-likeness (QED) is 0.473. The van der Waals surface area contributed by atoms with E-state index in [9.17, 15) is 18.4 Å². The first kappa shape index (κ1) is 28.9. The second-order valence-corrected chi connectivity index (χ2v) is 9.96. The number of hydrogen-bond donors (Lipinski definition) is 3. The molecule has 0 aromatic carbocycles. The van der Waals surface area contributed by atoms with Gasteiger partial charge in [-0.2, -0.15) is 5.10 Å².